The van der Waals surface area contributed by atoms with Crippen LogP contribution in [-0.4, -0.2) is 11.7 Å². The molecule has 0 aliphatic heterocycles. The van der Waals surface area contributed by atoms with Gasteiger partial charge in [0.25, 0.3) is 0 Å². The summed E-state index contributed by atoms with van der Waals surface area (Å²) < 4.78 is 72.2. The number of hydrogen-bond donors (Lipinski definition) is 1. The summed E-state index contributed by atoms with van der Waals surface area (Å²) in [6.45, 7) is 0. The molecule has 0 saturated heterocycles. The maximum absolute atomic E-state index is 12.1. The molecule has 18 heavy (non-hydrogen) atoms. The van der Waals surface area contributed by atoms with E-state index in [9.17, 15) is 26.3 Å². The zero-order valence-electron chi connectivity index (χ0n) is 8.85. The van der Waals surface area contributed by atoms with E-state index < -0.39 is 24.1 Å². The minimum atomic E-state index is -4.42. The molecule has 0 bridgehead atoms. The number of alkyl halides is 6. The molecule has 1 atom stereocenters. The molecule has 0 amide bonds. The van der Waals surface area contributed by atoms with Crippen LogP contribution in [0, 0.1) is 0 Å². The molecule has 0 radical (unpaired) electrons. The van der Waals surface area contributed by atoms with Crippen LogP contribution < -0.4 is 5.73 Å². The molecule has 102 valence electrons. The van der Waals surface area contributed by atoms with Crippen LogP contribution in [0.1, 0.15) is 18.0 Å². The number of halogens is 6. The van der Waals surface area contributed by atoms with E-state index in [2.05, 4.69) is 0 Å². The highest BCUT2D eigenvalue weighted by Crippen LogP contribution is 2.37. The molecule has 0 spiro atoms. The monoisotopic (exact) mass is 289 g/mol. The predicted octanol–water partition coefficient (Wildman–Crippen LogP) is 4.25. The topological polar surface area (TPSA) is 26.0 Å². The van der Waals surface area contributed by atoms with E-state index in [1.54, 1.807) is 0 Å². The molecule has 0 heterocycles. The van der Waals surface area contributed by atoms with E-state index >= 15 is 0 Å². The van der Waals surface area contributed by atoms with E-state index in [1.165, 1.54) is 12.1 Å². The summed E-state index contributed by atoms with van der Waals surface area (Å²) in [5, 5.41) is 0. The number of nitrogens with two attached hydrogens (primary N) is 1. The highest BCUT2D eigenvalue weighted by molar-refractivity contribution is 8.00. The Balaban J connectivity index is 2.71. The molecular formula is C10H9F6NS. The van der Waals surface area contributed by atoms with E-state index in [-0.39, 0.29) is 22.2 Å². The number of hydrogen-bond acceptors (Lipinski definition) is 2. The number of benzene rings is 1. The lowest BCUT2D eigenvalue weighted by molar-refractivity contribution is -0.138. The Morgan fingerprint density at radius 1 is 1.00 bits per heavy atom. The standard InChI is InChI=1S/C10H9F6NS/c11-9(12,13)5-8(17)6-1-3-7(4-2-6)18-10(14,15)16/h1-4,8H,5,17H2. The molecule has 0 aromatic heterocycles. The van der Waals surface area contributed by atoms with Crippen molar-refractivity contribution in [1.29, 1.82) is 0 Å². The van der Waals surface area contributed by atoms with Gasteiger partial charge in [0, 0.05) is 10.9 Å². The molecule has 1 unspecified atom stereocenters. The van der Waals surface area contributed by atoms with Crippen molar-refractivity contribution in [3.05, 3.63) is 29.8 Å². The van der Waals surface area contributed by atoms with Crippen molar-refractivity contribution in [1.82, 2.24) is 0 Å². The third-order valence-electron chi connectivity index (χ3n) is 1.99. The number of rotatable bonds is 3. The Kier molecular flexibility index (Phi) is 4.55. The Bertz CT molecular complexity index is 383. The maximum atomic E-state index is 12.1. The van der Waals surface area contributed by atoms with Crippen molar-refractivity contribution in [3.8, 4) is 0 Å². The van der Waals surface area contributed by atoms with Gasteiger partial charge in [0.2, 0.25) is 0 Å². The summed E-state index contributed by atoms with van der Waals surface area (Å²) in [5.41, 5.74) is 1.04. The molecular weight excluding hydrogens is 280 g/mol. The van der Waals surface area contributed by atoms with E-state index in [0.717, 1.165) is 12.1 Å². The van der Waals surface area contributed by atoms with Gasteiger partial charge in [-0.25, -0.2) is 0 Å². The number of thioether (sulfide) groups is 1. The van der Waals surface area contributed by atoms with Crippen LogP contribution in [0.3, 0.4) is 0 Å². The van der Waals surface area contributed by atoms with Gasteiger partial charge in [-0.3, -0.25) is 0 Å². The van der Waals surface area contributed by atoms with Crippen molar-refractivity contribution in [3.63, 3.8) is 0 Å². The van der Waals surface area contributed by atoms with Crippen LogP contribution in [0.15, 0.2) is 29.2 Å². The van der Waals surface area contributed by atoms with Gasteiger partial charge in [0.15, 0.2) is 0 Å². The first-order valence-corrected chi connectivity index (χ1v) is 5.56. The van der Waals surface area contributed by atoms with Crippen molar-refractivity contribution >= 4 is 11.8 Å². The second-order valence-corrected chi connectivity index (χ2v) is 4.68. The second-order valence-electron chi connectivity index (χ2n) is 3.54. The molecule has 0 aliphatic carbocycles. The fourth-order valence-corrected chi connectivity index (χ4v) is 1.82. The van der Waals surface area contributed by atoms with Gasteiger partial charge >= 0.3 is 11.7 Å². The summed E-state index contributed by atoms with van der Waals surface area (Å²) in [5.74, 6) is 0. The van der Waals surface area contributed by atoms with Gasteiger partial charge in [-0.2, -0.15) is 26.3 Å². The van der Waals surface area contributed by atoms with E-state index in [4.69, 9.17) is 5.73 Å². The average Bonchev–Trinajstić information content (AvgIpc) is 2.13. The molecule has 2 N–H and O–H groups in total. The van der Waals surface area contributed by atoms with Gasteiger partial charge in [-0.15, -0.1) is 0 Å². The zero-order chi connectivity index (χ0) is 14.0. The van der Waals surface area contributed by atoms with Crippen LogP contribution in [0.2, 0.25) is 0 Å². The van der Waals surface area contributed by atoms with Crippen LogP contribution in [0.4, 0.5) is 26.3 Å². The van der Waals surface area contributed by atoms with Crippen LogP contribution in [-0.2, 0) is 0 Å². The van der Waals surface area contributed by atoms with Crippen molar-refractivity contribution < 1.29 is 26.3 Å². The lowest BCUT2D eigenvalue weighted by atomic mass is 10.0. The van der Waals surface area contributed by atoms with Crippen molar-refractivity contribution in [2.45, 2.75) is 29.0 Å². The Morgan fingerprint density at radius 3 is 1.89 bits per heavy atom. The maximum Gasteiger partial charge on any atom is 0.446 e. The molecule has 0 saturated carbocycles. The van der Waals surface area contributed by atoms with Crippen molar-refractivity contribution in [2.75, 3.05) is 0 Å². The summed E-state index contributed by atoms with van der Waals surface area (Å²) in [6.07, 6.45) is -5.61. The minimum Gasteiger partial charge on any atom is -0.324 e. The lowest BCUT2D eigenvalue weighted by Gasteiger charge is -2.14. The molecule has 0 fully saturated rings. The predicted molar refractivity (Wildman–Crippen MR) is 56.0 cm³/mol. The van der Waals surface area contributed by atoms with E-state index in [1.807, 2.05) is 0 Å². The first-order valence-electron chi connectivity index (χ1n) is 4.75. The average molecular weight is 289 g/mol. The highest BCUT2D eigenvalue weighted by Gasteiger charge is 2.31. The van der Waals surface area contributed by atoms with Crippen LogP contribution >= 0.6 is 11.8 Å². The first kappa shape index (κ1) is 15.2. The minimum absolute atomic E-state index is 0.0922. The lowest BCUT2D eigenvalue weighted by Crippen LogP contribution is -2.20. The van der Waals surface area contributed by atoms with E-state index in [0.29, 0.717) is 0 Å². The normalized spacial score (nSPS) is 14.6. The summed E-state index contributed by atoms with van der Waals surface area (Å²) >= 11 is -0.329. The van der Waals surface area contributed by atoms with Gasteiger partial charge in [-0.1, -0.05) is 12.1 Å². The summed E-state index contributed by atoms with van der Waals surface area (Å²) in [7, 11) is 0. The first-order chi connectivity index (χ1) is 8.07. The van der Waals surface area contributed by atoms with Crippen LogP contribution in [0.25, 0.3) is 0 Å². The zero-order valence-corrected chi connectivity index (χ0v) is 9.66. The van der Waals surface area contributed by atoms with Gasteiger partial charge in [0.1, 0.15) is 0 Å². The molecule has 0 aliphatic rings. The SMILES string of the molecule is NC(CC(F)(F)F)c1ccc(SC(F)(F)F)cc1. The van der Waals surface area contributed by atoms with Gasteiger partial charge < -0.3 is 5.73 Å². The Labute approximate surface area is 103 Å². The highest BCUT2D eigenvalue weighted by atomic mass is 32.2. The summed E-state index contributed by atoms with van der Waals surface area (Å²) in [4.78, 5) is -0.0922. The quantitative estimate of drug-likeness (QED) is 0.665. The molecule has 1 rings (SSSR count). The molecule has 1 aromatic carbocycles. The third kappa shape index (κ3) is 5.63. The Hall–Kier alpha value is -0.890. The molecule has 1 aromatic rings. The Morgan fingerprint density at radius 2 is 1.50 bits per heavy atom. The second kappa shape index (κ2) is 5.40. The molecule has 8 heteroatoms. The van der Waals surface area contributed by atoms with Crippen LogP contribution in [0.5, 0.6) is 0 Å². The fraction of sp³-hybridized carbons (Fsp3) is 0.400. The third-order valence-corrected chi connectivity index (χ3v) is 2.73. The van der Waals surface area contributed by atoms with Gasteiger partial charge in [-0.05, 0) is 29.5 Å². The molecule has 1 nitrogen and oxygen atoms in total. The summed E-state index contributed by atoms with van der Waals surface area (Å²) in [6, 6.07) is 3.28. The van der Waals surface area contributed by atoms with Gasteiger partial charge in [0.05, 0.1) is 6.42 Å². The smallest absolute Gasteiger partial charge is 0.324 e. The largest absolute Gasteiger partial charge is 0.446 e. The van der Waals surface area contributed by atoms with Crippen molar-refractivity contribution in [2.24, 2.45) is 5.73 Å². The fourth-order valence-electron chi connectivity index (χ4n) is 1.28.